The van der Waals surface area contributed by atoms with Crippen LogP contribution in [0.2, 0.25) is 5.02 Å². The van der Waals surface area contributed by atoms with E-state index in [1.165, 1.54) is 7.11 Å². The predicted octanol–water partition coefficient (Wildman–Crippen LogP) is 4.53. The van der Waals surface area contributed by atoms with Gasteiger partial charge in [-0.05, 0) is 54.1 Å². The third-order valence-corrected chi connectivity index (χ3v) is 5.57. The van der Waals surface area contributed by atoms with Crippen molar-refractivity contribution < 1.29 is 28.6 Å². The molecule has 0 bridgehead atoms. The number of benzene rings is 2. The van der Waals surface area contributed by atoms with Gasteiger partial charge in [-0.2, -0.15) is 0 Å². The zero-order chi connectivity index (χ0) is 22.4. The third kappa shape index (κ3) is 5.59. The molecule has 162 valence electrons. The number of imide groups is 1. The van der Waals surface area contributed by atoms with Gasteiger partial charge in [-0.3, -0.25) is 14.5 Å². The molecule has 0 N–H and O–H groups in total. The number of ether oxygens (including phenoxy) is 3. The molecule has 0 aliphatic carbocycles. The van der Waals surface area contributed by atoms with E-state index in [-0.39, 0.29) is 24.3 Å². The van der Waals surface area contributed by atoms with Crippen LogP contribution < -0.4 is 9.47 Å². The Morgan fingerprint density at radius 2 is 1.90 bits per heavy atom. The first-order chi connectivity index (χ1) is 14.9. The van der Waals surface area contributed by atoms with E-state index in [1.54, 1.807) is 48.5 Å². The van der Waals surface area contributed by atoms with Crippen LogP contribution in [0.4, 0.5) is 4.79 Å². The number of thioether (sulfide) groups is 1. The van der Waals surface area contributed by atoms with Gasteiger partial charge in [0.2, 0.25) is 0 Å². The van der Waals surface area contributed by atoms with Crippen LogP contribution in [0, 0.1) is 0 Å². The first-order valence-electron chi connectivity index (χ1n) is 9.38. The first kappa shape index (κ1) is 22.7. The standard InChI is InChI=1S/C22H20ClNO6S/c1-3-29-18-10-14(8-9-17(18)30-13-20(25)28-2)11-19-21(26)24(22(27)31-19)12-15-6-4-5-7-16(15)23/h4-11H,3,12-13H2,1-2H3/b19-11-. The maximum absolute atomic E-state index is 12.8. The summed E-state index contributed by atoms with van der Waals surface area (Å²) in [6.07, 6.45) is 1.62. The van der Waals surface area contributed by atoms with Crippen LogP contribution in [0.5, 0.6) is 11.5 Å². The number of hydrogen-bond donors (Lipinski definition) is 0. The van der Waals surface area contributed by atoms with Crippen molar-refractivity contribution in [3.8, 4) is 11.5 Å². The van der Waals surface area contributed by atoms with Gasteiger partial charge in [-0.1, -0.05) is 35.9 Å². The fraction of sp³-hybridized carbons (Fsp3) is 0.227. The molecule has 7 nitrogen and oxygen atoms in total. The number of methoxy groups -OCH3 is 1. The maximum Gasteiger partial charge on any atom is 0.343 e. The van der Waals surface area contributed by atoms with E-state index in [2.05, 4.69) is 4.74 Å². The quantitative estimate of drug-likeness (QED) is 0.422. The second kappa shape index (κ2) is 10.4. The molecule has 0 unspecified atom stereocenters. The second-order valence-corrected chi connectivity index (χ2v) is 7.76. The predicted molar refractivity (Wildman–Crippen MR) is 118 cm³/mol. The first-order valence-corrected chi connectivity index (χ1v) is 10.6. The summed E-state index contributed by atoms with van der Waals surface area (Å²) in [5, 5.41) is 0.133. The Bertz CT molecular complexity index is 1040. The lowest BCUT2D eigenvalue weighted by molar-refractivity contribution is -0.142. The number of carbonyl (C=O) groups excluding carboxylic acids is 3. The fourth-order valence-electron chi connectivity index (χ4n) is 2.78. The average molecular weight is 462 g/mol. The molecule has 1 aliphatic heterocycles. The summed E-state index contributed by atoms with van der Waals surface area (Å²) in [4.78, 5) is 38.0. The van der Waals surface area contributed by atoms with E-state index in [9.17, 15) is 14.4 Å². The minimum Gasteiger partial charge on any atom is -0.490 e. The Morgan fingerprint density at radius 3 is 2.61 bits per heavy atom. The molecule has 0 aromatic heterocycles. The van der Waals surface area contributed by atoms with Crippen molar-refractivity contribution in [3.05, 3.63) is 63.5 Å². The van der Waals surface area contributed by atoms with Crippen LogP contribution in [0.3, 0.4) is 0 Å². The number of esters is 1. The van der Waals surface area contributed by atoms with Crippen molar-refractivity contribution in [1.82, 2.24) is 4.90 Å². The SMILES string of the molecule is CCOc1cc(/C=C2\SC(=O)N(Cc3ccccc3Cl)C2=O)ccc1OCC(=O)OC. The highest BCUT2D eigenvalue weighted by Gasteiger charge is 2.35. The van der Waals surface area contributed by atoms with Gasteiger partial charge >= 0.3 is 5.97 Å². The minimum atomic E-state index is -0.515. The Balaban J connectivity index is 1.79. The second-order valence-electron chi connectivity index (χ2n) is 6.36. The van der Waals surface area contributed by atoms with E-state index in [0.29, 0.717) is 39.2 Å². The summed E-state index contributed by atoms with van der Waals surface area (Å²) in [5.41, 5.74) is 1.34. The van der Waals surface area contributed by atoms with Crippen molar-refractivity contribution in [2.45, 2.75) is 13.5 Å². The van der Waals surface area contributed by atoms with Crippen LogP contribution in [-0.4, -0.2) is 42.3 Å². The highest BCUT2D eigenvalue weighted by Crippen LogP contribution is 2.36. The molecule has 0 spiro atoms. The van der Waals surface area contributed by atoms with Crippen LogP contribution in [0.15, 0.2) is 47.4 Å². The molecule has 2 aromatic carbocycles. The van der Waals surface area contributed by atoms with Crippen molar-refractivity contribution in [1.29, 1.82) is 0 Å². The van der Waals surface area contributed by atoms with E-state index in [0.717, 1.165) is 16.7 Å². The summed E-state index contributed by atoms with van der Waals surface area (Å²) in [7, 11) is 1.27. The minimum absolute atomic E-state index is 0.103. The van der Waals surface area contributed by atoms with Crippen LogP contribution in [-0.2, 0) is 20.9 Å². The summed E-state index contributed by atoms with van der Waals surface area (Å²) in [6.45, 7) is 2.05. The normalized spacial score (nSPS) is 14.8. The molecule has 0 saturated carbocycles. The van der Waals surface area contributed by atoms with Gasteiger partial charge in [-0.15, -0.1) is 0 Å². The van der Waals surface area contributed by atoms with E-state index in [4.69, 9.17) is 21.1 Å². The van der Waals surface area contributed by atoms with Crippen molar-refractivity contribution in [3.63, 3.8) is 0 Å². The summed E-state index contributed by atoms with van der Waals surface area (Å²) < 4.78 is 15.6. The molecule has 1 aliphatic rings. The van der Waals surface area contributed by atoms with E-state index < -0.39 is 5.97 Å². The number of hydrogen-bond acceptors (Lipinski definition) is 7. The van der Waals surface area contributed by atoms with Crippen LogP contribution in [0.1, 0.15) is 18.1 Å². The van der Waals surface area contributed by atoms with Crippen LogP contribution in [0.25, 0.3) is 6.08 Å². The van der Waals surface area contributed by atoms with Crippen molar-refractivity contribution >= 4 is 46.6 Å². The molecule has 1 saturated heterocycles. The zero-order valence-electron chi connectivity index (χ0n) is 16.9. The molecule has 31 heavy (non-hydrogen) atoms. The Labute approximate surface area is 188 Å². The van der Waals surface area contributed by atoms with Gasteiger partial charge in [0.1, 0.15) is 0 Å². The molecule has 2 aromatic rings. The Morgan fingerprint density at radius 1 is 1.13 bits per heavy atom. The summed E-state index contributed by atoms with van der Waals surface area (Å²) in [6, 6.07) is 12.1. The van der Waals surface area contributed by atoms with Gasteiger partial charge in [0, 0.05) is 5.02 Å². The number of halogens is 1. The fourth-order valence-corrected chi connectivity index (χ4v) is 3.82. The number of nitrogens with zero attached hydrogens (tertiary/aromatic N) is 1. The number of carbonyl (C=O) groups is 3. The summed E-state index contributed by atoms with van der Waals surface area (Å²) >= 11 is 7.02. The van der Waals surface area contributed by atoms with E-state index >= 15 is 0 Å². The van der Waals surface area contributed by atoms with Gasteiger partial charge in [-0.25, -0.2) is 4.79 Å². The molecule has 0 radical (unpaired) electrons. The molecule has 9 heteroatoms. The Kier molecular flexibility index (Phi) is 7.59. The molecular weight excluding hydrogens is 442 g/mol. The lowest BCUT2D eigenvalue weighted by Gasteiger charge is -2.13. The summed E-state index contributed by atoms with van der Waals surface area (Å²) in [5.74, 6) is -0.121. The lowest BCUT2D eigenvalue weighted by atomic mass is 10.1. The highest BCUT2D eigenvalue weighted by molar-refractivity contribution is 8.18. The monoisotopic (exact) mass is 461 g/mol. The van der Waals surface area contributed by atoms with Crippen molar-refractivity contribution in [2.75, 3.05) is 20.3 Å². The zero-order valence-corrected chi connectivity index (χ0v) is 18.5. The van der Waals surface area contributed by atoms with Gasteiger partial charge < -0.3 is 14.2 Å². The van der Waals surface area contributed by atoms with Crippen molar-refractivity contribution in [2.24, 2.45) is 0 Å². The molecular formula is C22H20ClNO6S. The topological polar surface area (TPSA) is 82.1 Å². The number of amides is 2. The third-order valence-electron chi connectivity index (χ3n) is 4.30. The number of rotatable bonds is 8. The average Bonchev–Trinajstić information content (AvgIpc) is 3.02. The molecule has 2 amide bonds. The highest BCUT2D eigenvalue weighted by atomic mass is 35.5. The van der Waals surface area contributed by atoms with Gasteiger partial charge in [0.25, 0.3) is 11.1 Å². The lowest BCUT2D eigenvalue weighted by Crippen LogP contribution is -2.27. The van der Waals surface area contributed by atoms with E-state index in [1.807, 2.05) is 6.92 Å². The molecule has 1 fully saturated rings. The smallest absolute Gasteiger partial charge is 0.343 e. The van der Waals surface area contributed by atoms with Gasteiger partial charge in [0.05, 0.1) is 25.2 Å². The van der Waals surface area contributed by atoms with Gasteiger partial charge in [0.15, 0.2) is 18.1 Å². The molecule has 3 rings (SSSR count). The molecule has 1 heterocycles. The maximum atomic E-state index is 12.8. The largest absolute Gasteiger partial charge is 0.490 e. The van der Waals surface area contributed by atoms with Crippen LogP contribution >= 0.6 is 23.4 Å². The Hall–Kier alpha value is -2.97. The molecule has 0 atom stereocenters.